The van der Waals surface area contributed by atoms with Crippen LogP contribution in [0.1, 0.15) is 16.3 Å². The third kappa shape index (κ3) is 2.95. The molecule has 23 heavy (non-hydrogen) atoms. The van der Waals surface area contributed by atoms with Crippen molar-refractivity contribution in [1.29, 1.82) is 0 Å². The Hall–Kier alpha value is -3.42. The summed E-state index contributed by atoms with van der Waals surface area (Å²) >= 11 is 0. The summed E-state index contributed by atoms with van der Waals surface area (Å²) in [5, 5.41) is 20.4. The molecule has 1 N–H and O–H groups in total. The van der Waals surface area contributed by atoms with Gasteiger partial charge in [-0.3, -0.25) is 15.1 Å². The van der Waals surface area contributed by atoms with E-state index in [9.17, 15) is 14.9 Å². The summed E-state index contributed by atoms with van der Waals surface area (Å²) in [5.41, 5.74) is 0.356. The standard InChI is InChI=1S/C15H10N2O6/c18-15(19)12-4-3-11(23-12)8-22-13-7-10(17(20)21)6-9-2-1-5-16-14(9)13/h1-7H,8H2,(H,18,19). The van der Waals surface area contributed by atoms with E-state index in [0.29, 0.717) is 10.9 Å². The van der Waals surface area contributed by atoms with E-state index in [2.05, 4.69) is 4.98 Å². The Morgan fingerprint density at radius 2 is 2.17 bits per heavy atom. The van der Waals surface area contributed by atoms with Crippen LogP contribution in [0.2, 0.25) is 0 Å². The SMILES string of the molecule is O=C(O)c1ccc(COc2cc([N+](=O)[O-])cc3cccnc23)o1. The number of nitrogens with zero attached hydrogens (tertiary/aromatic N) is 2. The van der Waals surface area contributed by atoms with Crippen LogP contribution in [-0.2, 0) is 6.61 Å². The van der Waals surface area contributed by atoms with Gasteiger partial charge in [0.15, 0.2) is 5.75 Å². The largest absolute Gasteiger partial charge is 0.483 e. The van der Waals surface area contributed by atoms with Crippen LogP contribution in [0, 0.1) is 10.1 Å². The van der Waals surface area contributed by atoms with Crippen LogP contribution < -0.4 is 4.74 Å². The number of nitro benzene ring substituents is 1. The molecule has 8 nitrogen and oxygen atoms in total. The highest BCUT2D eigenvalue weighted by Gasteiger charge is 2.15. The second-order valence-electron chi connectivity index (χ2n) is 4.64. The van der Waals surface area contributed by atoms with Crippen molar-refractivity contribution in [3.63, 3.8) is 0 Å². The van der Waals surface area contributed by atoms with Crippen molar-refractivity contribution in [3.05, 3.63) is 64.2 Å². The average Bonchev–Trinajstić information content (AvgIpc) is 3.01. The number of carboxylic acids is 1. The Balaban J connectivity index is 1.91. The molecule has 116 valence electrons. The molecule has 0 saturated carbocycles. The molecule has 0 radical (unpaired) electrons. The number of aromatic nitrogens is 1. The van der Waals surface area contributed by atoms with Gasteiger partial charge in [-0.25, -0.2) is 4.79 Å². The first-order chi connectivity index (χ1) is 11.0. The Morgan fingerprint density at radius 1 is 1.35 bits per heavy atom. The molecule has 1 aromatic carbocycles. The van der Waals surface area contributed by atoms with E-state index < -0.39 is 10.9 Å². The minimum atomic E-state index is -1.18. The lowest BCUT2D eigenvalue weighted by molar-refractivity contribution is -0.384. The number of fused-ring (bicyclic) bond motifs is 1. The summed E-state index contributed by atoms with van der Waals surface area (Å²) in [6, 6.07) is 8.82. The summed E-state index contributed by atoms with van der Waals surface area (Å²) in [6.07, 6.45) is 1.55. The van der Waals surface area contributed by atoms with E-state index in [1.165, 1.54) is 24.3 Å². The fourth-order valence-electron chi connectivity index (χ4n) is 2.08. The molecular weight excluding hydrogens is 304 g/mol. The van der Waals surface area contributed by atoms with Crippen molar-refractivity contribution in [1.82, 2.24) is 4.98 Å². The van der Waals surface area contributed by atoms with Crippen LogP contribution in [0.5, 0.6) is 5.75 Å². The molecular formula is C15H10N2O6. The summed E-state index contributed by atoms with van der Waals surface area (Å²) in [6.45, 7) is -0.0693. The highest BCUT2D eigenvalue weighted by molar-refractivity contribution is 5.87. The van der Waals surface area contributed by atoms with E-state index in [0.717, 1.165) is 0 Å². The van der Waals surface area contributed by atoms with Gasteiger partial charge in [0, 0.05) is 17.6 Å². The fourth-order valence-corrected chi connectivity index (χ4v) is 2.08. The molecule has 2 aromatic heterocycles. The third-order valence-electron chi connectivity index (χ3n) is 3.11. The first-order valence-electron chi connectivity index (χ1n) is 6.52. The van der Waals surface area contributed by atoms with Crippen LogP contribution in [0.15, 0.2) is 47.0 Å². The molecule has 2 heterocycles. The second kappa shape index (κ2) is 5.76. The molecule has 0 spiro atoms. The van der Waals surface area contributed by atoms with Gasteiger partial charge in [0.25, 0.3) is 5.69 Å². The van der Waals surface area contributed by atoms with Gasteiger partial charge < -0.3 is 14.3 Å². The van der Waals surface area contributed by atoms with E-state index in [1.807, 2.05) is 0 Å². The predicted octanol–water partition coefficient (Wildman–Crippen LogP) is 3.01. The number of hydrogen-bond acceptors (Lipinski definition) is 6. The maximum atomic E-state index is 11.0. The normalized spacial score (nSPS) is 10.6. The van der Waals surface area contributed by atoms with E-state index in [1.54, 1.807) is 18.3 Å². The van der Waals surface area contributed by atoms with E-state index >= 15 is 0 Å². The predicted molar refractivity (Wildman–Crippen MR) is 78.4 cm³/mol. The number of ether oxygens (including phenoxy) is 1. The molecule has 0 aliphatic heterocycles. The smallest absolute Gasteiger partial charge is 0.371 e. The number of hydrogen-bond donors (Lipinski definition) is 1. The fraction of sp³-hybridized carbons (Fsp3) is 0.0667. The van der Waals surface area contributed by atoms with Gasteiger partial charge in [-0.05, 0) is 18.2 Å². The number of aromatic carboxylic acids is 1. The van der Waals surface area contributed by atoms with Gasteiger partial charge in [0.2, 0.25) is 5.76 Å². The zero-order chi connectivity index (χ0) is 16.4. The second-order valence-corrected chi connectivity index (χ2v) is 4.64. The number of rotatable bonds is 5. The molecule has 0 unspecified atom stereocenters. The topological polar surface area (TPSA) is 116 Å². The zero-order valence-electron chi connectivity index (χ0n) is 11.6. The molecule has 0 aliphatic rings. The Bertz CT molecular complexity index is 902. The molecule has 0 fully saturated rings. The first kappa shape index (κ1) is 14.5. The molecule has 0 bridgehead atoms. The minimum absolute atomic E-state index is 0.0693. The number of benzene rings is 1. The van der Waals surface area contributed by atoms with Crippen LogP contribution >= 0.6 is 0 Å². The summed E-state index contributed by atoms with van der Waals surface area (Å²) in [7, 11) is 0. The molecule has 0 atom stereocenters. The number of non-ortho nitro benzene ring substituents is 1. The number of pyridine rings is 1. The van der Waals surface area contributed by atoms with Crippen molar-refractivity contribution in [2.75, 3.05) is 0 Å². The molecule has 3 aromatic rings. The quantitative estimate of drug-likeness (QED) is 0.568. The summed E-state index contributed by atoms with van der Waals surface area (Å²) in [5.74, 6) is -0.870. The lowest BCUT2D eigenvalue weighted by atomic mass is 10.2. The van der Waals surface area contributed by atoms with Crippen LogP contribution in [-0.4, -0.2) is 21.0 Å². The Labute approximate surface area is 129 Å². The Morgan fingerprint density at radius 3 is 2.87 bits per heavy atom. The van der Waals surface area contributed by atoms with Crippen molar-refractivity contribution >= 4 is 22.6 Å². The maximum absolute atomic E-state index is 11.0. The van der Waals surface area contributed by atoms with Gasteiger partial charge in [0.1, 0.15) is 17.9 Å². The lowest BCUT2D eigenvalue weighted by Gasteiger charge is -2.07. The summed E-state index contributed by atoms with van der Waals surface area (Å²) in [4.78, 5) is 25.4. The molecule has 3 rings (SSSR count). The van der Waals surface area contributed by atoms with Crippen molar-refractivity contribution in [2.24, 2.45) is 0 Å². The molecule has 0 amide bonds. The Kier molecular flexibility index (Phi) is 3.63. The van der Waals surface area contributed by atoms with Crippen molar-refractivity contribution < 1.29 is 24.0 Å². The number of carbonyl (C=O) groups is 1. The van der Waals surface area contributed by atoms with E-state index in [-0.39, 0.29) is 29.6 Å². The van der Waals surface area contributed by atoms with Crippen LogP contribution in [0.25, 0.3) is 10.9 Å². The van der Waals surface area contributed by atoms with Gasteiger partial charge in [0.05, 0.1) is 11.0 Å². The third-order valence-corrected chi connectivity index (χ3v) is 3.11. The monoisotopic (exact) mass is 314 g/mol. The highest BCUT2D eigenvalue weighted by atomic mass is 16.6. The molecule has 0 aliphatic carbocycles. The van der Waals surface area contributed by atoms with Gasteiger partial charge in [-0.2, -0.15) is 0 Å². The summed E-state index contributed by atoms with van der Waals surface area (Å²) < 4.78 is 10.6. The van der Waals surface area contributed by atoms with E-state index in [4.69, 9.17) is 14.3 Å². The number of carboxylic acid groups (broad SMARTS) is 1. The van der Waals surface area contributed by atoms with Crippen LogP contribution in [0.4, 0.5) is 5.69 Å². The van der Waals surface area contributed by atoms with Crippen molar-refractivity contribution in [3.8, 4) is 5.75 Å². The van der Waals surface area contributed by atoms with Gasteiger partial charge in [-0.1, -0.05) is 6.07 Å². The van der Waals surface area contributed by atoms with Gasteiger partial charge >= 0.3 is 5.97 Å². The minimum Gasteiger partial charge on any atom is -0.483 e. The average molecular weight is 314 g/mol. The number of nitro groups is 1. The maximum Gasteiger partial charge on any atom is 0.371 e. The molecule has 8 heteroatoms. The van der Waals surface area contributed by atoms with Gasteiger partial charge in [-0.15, -0.1) is 0 Å². The highest BCUT2D eigenvalue weighted by Crippen LogP contribution is 2.30. The zero-order valence-corrected chi connectivity index (χ0v) is 11.6. The first-order valence-corrected chi connectivity index (χ1v) is 6.52. The lowest BCUT2D eigenvalue weighted by Crippen LogP contribution is -1.98. The van der Waals surface area contributed by atoms with Crippen molar-refractivity contribution in [2.45, 2.75) is 6.61 Å². The molecule has 0 saturated heterocycles. The van der Waals surface area contributed by atoms with Crippen LogP contribution in [0.3, 0.4) is 0 Å². The number of furan rings is 1.